The molecule has 1 atom stereocenters. The minimum atomic E-state index is 0.312. The Bertz CT molecular complexity index is 352. The fraction of sp³-hybridized carbons (Fsp3) is 0.231. The Labute approximate surface area is 90.9 Å². The monoisotopic (exact) mass is 200 g/mol. The average molecular weight is 200 g/mol. The number of rotatable bonds is 5. The molecule has 0 radical (unpaired) electrons. The van der Waals surface area contributed by atoms with Crippen LogP contribution in [0.2, 0.25) is 0 Å². The Hall–Kier alpha value is -1.70. The fourth-order valence-electron chi connectivity index (χ4n) is 1.68. The summed E-state index contributed by atoms with van der Waals surface area (Å²) >= 11 is 0. The predicted octanol–water partition coefficient (Wildman–Crippen LogP) is 3.34. The molecule has 1 aromatic heterocycles. The summed E-state index contributed by atoms with van der Waals surface area (Å²) in [6.07, 6.45) is 9.50. The van der Waals surface area contributed by atoms with Crippen LogP contribution in [0.15, 0.2) is 48.8 Å². The number of hydrogen-bond acceptors (Lipinski definition) is 2. The van der Waals surface area contributed by atoms with Gasteiger partial charge in [-0.2, -0.15) is 0 Å². The summed E-state index contributed by atoms with van der Waals surface area (Å²) < 4.78 is 0. The Balaban J connectivity index is 3.03. The topological polar surface area (TPSA) is 36.7 Å². The van der Waals surface area contributed by atoms with Gasteiger partial charge in [0, 0.05) is 24.5 Å². The third-order valence-electron chi connectivity index (χ3n) is 2.43. The quantitative estimate of drug-likeness (QED) is 0.574. The summed E-state index contributed by atoms with van der Waals surface area (Å²) in [4.78, 5) is 4.00. The summed E-state index contributed by atoms with van der Waals surface area (Å²) in [6.45, 7) is 5.92. The summed E-state index contributed by atoms with van der Waals surface area (Å²) in [5, 5.41) is 7.11. The van der Waals surface area contributed by atoms with E-state index in [2.05, 4.69) is 18.5 Å². The maximum Gasteiger partial charge on any atom is 0.0270 e. The number of aromatic nitrogens is 1. The second-order valence-electron chi connectivity index (χ2n) is 3.28. The van der Waals surface area contributed by atoms with E-state index in [1.54, 1.807) is 18.5 Å². The van der Waals surface area contributed by atoms with E-state index < -0.39 is 0 Å². The molecular formula is C13H16N2. The third kappa shape index (κ3) is 2.88. The van der Waals surface area contributed by atoms with Gasteiger partial charge in [0.05, 0.1) is 0 Å². The van der Waals surface area contributed by atoms with Crippen molar-refractivity contribution in [3.05, 3.63) is 54.4 Å². The highest BCUT2D eigenvalue weighted by Crippen LogP contribution is 2.27. The zero-order chi connectivity index (χ0) is 11.1. The van der Waals surface area contributed by atoms with Crippen LogP contribution < -0.4 is 0 Å². The molecule has 1 unspecified atom stereocenters. The molecule has 0 bridgehead atoms. The standard InChI is InChI=1S/C13H16N2/c1-3-11(5-8-14)13(4-2)12-6-9-15-10-7-12/h3,5-10,13-14H,1,4H2,2H3/b11-5+,14-8?. The zero-order valence-electron chi connectivity index (χ0n) is 8.98. The van der Waals surface area contributed by atoms with Crippen LogP contribution >= 0.6 is 0 Å². The van der Waals surface area contributed by atoms with Crippen molar-refractivity contribution < 1.29 is 0 Å². The smallest absolute Gasteiger partial charge is 0.0270 e. The lowest BCUT2D eigenvalue weighted by molar-refractivity contribution is 0.776. The molecule has 0 spiro atoms. The summed E-state index contributed by atoms with van der Waals surface area (Å²) in [5.41, 5.74) is 2.30. The molecule has 0 aliphatic carbocycles. The van der Waals surface area contributed by atoms with Crippen molar-refractivity contribution in [1.29, 1.82) is 5.41 Å². The van der Waals surface area contributed by atoms with Gasteiger partial charge in [-0.15, -0.1) is 0 Å². The van der Waals surface area contributed by atoms with E-state index in [9.17, 15) is 0 Å². The van der Waals surface area contributed by atoms with Crippen LogP contribution in [-0.2, 0) is 0 Å². The van der Waals surface area contributed by atoms with Crippen LogP contribution in [0.3, 0.4) is 0 Å². The molecule has 0 aliphatic rings. The molecule has 1 rings (SSSR count). The summed E-state index contributed by atoms with van der Waals surface area (Å²) in [6, 6.07) is 4.02. The van der Waals surface area contributed by atoms with Crippen molar-refractivity contribution in [1.82, 2.24) is 4.98 Å². The van der Waals surface area contributed by atoms with Crippen molar-refractivity contribution in [2.45, 2.75) is 19.3 Å². The summed E-state index contributed by atoms with van der Waals surface area (Å²) in [7, 11) is 0. The van der Waals surface area contributed by atoms with Gasteiger partial charge in [-0.05, 0) is 35.8 Å². The van der Waals surface area contributed by atoms with Gasteiger partial charge in [-0.25, -0.2) is 0 Å². The van der Waals surface area contributed by atoms with E-state index in [0.29, 0.717) is 5.92 Å². The summed E-state index contributed by atoms with van der Waals surface area (Å²) in [5.74, 6) is 0.312. The second kappa shape index (κ2) is 5.91. The highest BCUT2D eigenvalue weighted by molar-refractivity contribution is 5.70. The highest BCUT2D eigenvalue weighted by atomic mass is 14.6. The maximum absolute atomic E-state index is 7.11. The van der Waals surface area contributed by atoms with Gasteiger partial charge in [0.15, 0.2) is 0 Å². The Kier molecular flexibility index (Phi) is 4.48. The molecule has 0 saturated carbocycles. The van der Waals surface area contributed by atoms with Crippen LogP contribution in [0.25, 0.3) is 0 Å². The van der Waals surface area contributed by atoms with Gasteiger partial charge in [-0.3, -0.25) is 4.98 Å². The predicted molar refractivity (Wildman–Crippen MR) is 64.3 cm³/mol. The molecule has 0 fully saturated rings. The number of pyridine rings is 1. The SMILES string of the molecule is C=C/C(=C\C=N)C(CC)c1ccncc1. The largest absolute Gasteiger partial charge is 0.309 e. The number of hydrogen-bond donors (Lipinski definition) is 1. The Morgan fingerprint density at radius 2 is 2.20 bits per heavy atom. The molecule has 2 nitrogen and oxygen atoms in total. The van der Waals surface area contributed by atoms with Crippen LogP contribution in [0.1, 0.15) is 24.8 Å². The first-order chi connectivity index (χ1) is 7.33. The lowest BCUT2D eigenvalue weighted by atomic mass is 9.89. The van der Waals surface area contributed by atoms with Crippen molar-refractivity contribution in [3.8, 4) is 0 Å². The number of allylic oxidation sites excluding steroid dienone is 3. The molecule has 15 heavy (non-hydrogen) atoms. The van der Waals surface area contributed by atoms with Crippen LogP contribution in [0.5, 0.6) is 0 Å². The third-order valence-corrected chi connectivity index (χ3v) is 2.43. The molecule has 78 valence electrons. The fourth-order valence-corrected chi connectivity index (χ4v) is 1.68. The van der Waals surface area contributed by atoms with E-state index in [4.69, 9.17) is 5.41 Å². The Morgan fingerprint density at radius 1 is 1.53 bits per heavy atom. The zero-order valence-corrected chi connectivity index (χ0v) is 8.98. The van der Waals surface area contributed by atoms with Crippen LogP contribution in [-0.4, -0.2) is 11.2 Å². The minimum absolute atomic E-state index is 0.312. The van der Waals surface area contributed by atoms with Gasteiger partial charge in [-0.1, -0.05) is 19.6 Å². The van der Waals surface area contributed by atoms with Crippen molar-refractivity contribution in [2.75, 3.05) is 0 Å². The molecular weight excluding hydrogens is 184 g/mol. The van der Waals surface area contributed by atoms with E-state index in [-0.39, 0.29) is 0 Å². The van der Waals surface area contributed by atoms with Crippen molar-refractivity contribution in [3.63, 3.8) is 0 Å². The van der Waals surface area contributed by atoms with Gasteiger partial charge in [0.25, 0.3) is 0 Å². The lowest BCUT2D eigenvalue weighted by Crippen LogP contribution is -2.00. The van der Waals surface area contributed by atoms with E-state index in [1.807, 2.05) is 18.2 Å². The molecule has 1 aromatic rings. The second-order valence-corrected chi connectivity index (χ2v) is 3.28. The molecule has 2 heteroatoms. The first-order valence-electron chi connectivity index (χ1n) is 5.06. The molecule has 0 aliphatic heterocycles. The molecule has 0 amide bonds. The first-order valence-corrected chi connectivity index (χ1v) is 5.06. The van der Waals surface area contributed by atoms with Crippen molar-refractivity contribution in [2.24, 2.45) is 0 Å². The van der Waals surface area contributed by atoms with Gasteiger partial charge in [0.2, 0.25) is 0 Å². The molecule has 1 N–H and O–H groups in total. The van der Waals surface area contributed by atoms with Gasteiger partial charge in [0.1, 0.15) is 0 Å². The van der Waals surface area contributed by atoms with Crippen LogP contribution in [0.4, 0.5) is 0 Å². The van der Waals surface area contributed by atoms with E-state index in [1.165, 1.54) is 11.8 Å². The lowest BCUT2D eigenvalue weighted by Gasteiger charge is -2.15. The maximum atomic E-state index is 7.11. The number of nitrogens with zero attached hydrogens (tertiary/aromatic N) is 1. The first kappa shape index (κ1) is 11.4. The van der Waals surface area contributed by atoms with Gasteiger partial charge >= 0.3 is 0 Å². The minimum Gasteiger partial charge on any atom is -0.309 e. The van der Waals surface area contributed by atoms with Crippen molar-refractivity contribution >= 4 is 6.21 Å². The molecule has 1 heterocycles. The average Bonchev–Trinajstić information content (AvgIpc) is 2.30. The van der Waals surface area contributed by atoms with E-state index in [0.717, 1.165) is 12.0 Å². The molecule has 0 aromatic carbocycles. The Morgan fingerprint density at radius 3 is 2.67 bits per heavy atom. The van der Waals surface area contributed by atoms with Gasteiger partial charge < -0.3 is 5.41 Å². The van der Waals surface area contributed by atoms with Crippen LogP contribution in [0, 0.1) is 5.41 Å². The van der Waals surface area contributed by atoms with E-state index >= 15 is 0 Å². The highest BCUT2D eigenvalue weighted by Gasteiger charge is 2.11. The number of nitrogens with one attached hydrogen (secondary N) is 1. The molecule has 0 saturated heterocycles. The normalized spacial score (nSPS) is 13.3.